The van der Waals surface area contributed by atoms with Gasteiger partial charge < -0.3 is 39.4 Å². The van der Waals surface area contributed by atoms with Crippen molar-refractivity contribution >= 4 is 41.4 Å². The Morgan fingerprint density at radius 1 is 0.754 bits per heavy atom. The van der Waals surface area contributed by atoms with E-state index in [1.807, 2.05) is 95.5 Å². The number of nitrogens with zero attached hydrogens (tertiary/aromatic N) is 2. The molecule has 0 unspecified atom stereocenters. The van der Waals surface area contributed by atoms with Crippen molar-refractivity contribution in [2.24, 2.45) is 0 Å². The number of Topliss-reactive ketones (excluding diaryl/α,β-unsaturated/α-hetero) is 1. The zero-order valence-corrected chi connectivity index (χ0v) is 41.7. The van der Waals surface area contributed by atoms with Gasteiger partial charge in [0.15, 0.2) is 0 Å². The van der Waals surface area contributed by atoms with Crippen molar-refractivity contribution in [3.8, 4) is 11.5 Å². The lowest BCUT2D eigenvalue weighted by Crippen LogP contribution is -2.42. The van der Waals surface area contributed by atoms with E-state index in [9.17, 15) is 24.0 Å². The van der Waals surface area contributed by atoms with E-state index in [0.717, 1.165) is 40.8 Å². The van der Waals surface area contributed by atoms with Gasteiger partial charge in [0.05, 0.1) is 51.9 Å². The second kappa shape index (κ2) is 23.2. The van der Waals surface area contributed by atoms with E-state index in [-0.39, 0.29) is 85.2 Å². The number of thioether (sulfide) groups is 1. The number of urea groups is 1. The number of esters is 1. The zero-order chi connectivity index (χ0) is 49.1. The molecule has 2 N–H and O–H groups in total. The summed E-state index contributed by atoms with van der Waals surface area (Å²) in [5, 5.41) is 6.06. The number of ketones is 1. The van der Waals surface area contributed by atoms with Gasteiger partial charge in [0, 0.05) is 56.7 Å². The normalized spacial score (nSPS) is 20.0. The summed E-state index contributed by atoms with van der Waals surface area (Å²) in [5.41, 5.74) is 3.83. The van der Waals surface area contributed by atoms with Gasteiger partial charge in [0.25, 0.3) is 0 Å². The lowest BCUT2D eigenvalue weighted by Gasteiger charge is -2.38. The number of nitrogens with one attached hydrogen (secondary N) is 2. The Balaban J connectivity index is 0.982. The highest BCUT2D eigenvalue weighted by molar-refractivity contribution is 8.00. The summed E-state index contributed by atoms with van der Waals surface area (Å²) in [7, 11) is 4.75. The Kier molecular flexibility index (Phi) is 17.1. The highest BCUT2D eigenvalue weighted by atomic mass is 32.2. The standard InChI is InChI=1S/C55H68N4O9S/c1-54(2,3)38-18-16-37(17-19-38)33-59-47-36-69-48(52(47)57-53(59)64)15-11-10-14-43(60)24-30-50(62)58-34-46(68-51(63)31-29-49(61)56-4)32-42(58)35-67-55(39-12-8-7-9-13-39,40-20-25-44(65-5)26-21-40)41-22-27-45(66-6)28-23-41/h7-9,12-13,16-23,25-28,42,46-48,52H,10-11,14-15,24,29-36H2,1-6H3,(H,56,61)(H,57,64)/t42-,46+,47-,48-,52-/m0/s1. The highest BCUT2D eigenvalue weighted by Gasteiger charge is 2.48. The molecule has 0 spiro atoms. The van der Waals surface area contributed by atoms with Crippen molar-refractivity contribution in [3.63, 3.8) is 0 Å². The summed E-state index contributed by atoms with van der Waals surface area (Å²) in [5.74, 6) is 1.25. The molecule has 0 aliphatic carbocycles. The number of hydrogen-bond acceptors (Lipinski definition) is 10. The van der Waals surface area contributed by atoms with Gasteiger partial charge in [-0.2, -0.15) is 11.8 Å². The number of methoxy groups -OCH3 is 2. The fourth-order valence-electron chi connectivity index (χ4n) is 9.77. The molecule has 3 saturated heterocycles. The summed E-state index contributed by atoms with van der Waals surface area (Å²) >= 11 is 1.90. The van der Waals surface area contributed by atoms with Crippen LogP contribution in [0.4, 0.5) is 4.79 Å². The quantitative estimate of drug-likeness (QED) is 0.0340. The summed E-state index contributed by atoms with van der Waals surface area (Å²) < 4.78 is 24.1. The van der Waals surface area contributed by atoms with Gasteiger partial charge in [0.2, 0.25) is 11.8 Å². The van der Waals surface area contributed by atoms with Gasteiger partial charge >= 0.3 is 12.0 Å². The third kappa shape index (κ3) is 12.5. The van der Waals surface area contributed by atoms with Crippen molar-refractivity contribution in [1.82, 2.24) is 20.4 Å². The highest BCUT2D eigenvalue weighted by Crippen LogP contribution is 2.43. The zero-order valence-electron chi connectivity index (χ0n) is 40.9. The first kappa shape index (κ1) is 51.0. The molecule has 0 aromatic heterocycles. The molecule has 14 heteroatoms. The Bertz CT molecular complexity index is 2330. The second-order valence-electron chi connectivity index (χ2n) is 19.3. The number of rotatable bonds is 22. The Labute approximate surface area is 411 Å². The van der Waals surface area contributed by atoms with Gasteiger partial charge in [-0.15, -0.1) is 0 Å². The van der Waals surface area contributed by atoms with E-state index >= 15 is 0 Å². The molecule has 0 saturated carbocycles. The van der Waals surface area contributed by atoms with Gasteiger partial charge in [-0.1, -0.05) is 106 Å². The van der Waals surface area contributed by atoms with Gasteiger partial charge in [-0.25, -0.2) is 4.79 Å². The molecule has 368 valence electrons. The third-order valence-electron chi connectivity index (χ3n) is 13.7. The molecule has 7 rings (SSSR count). The van der Waals surface area contributed by atoms with E-state index in [4.69, 9.17) is 18.9 Å². The van der Waals surface area contributed by atoms with Crippen molar-refractivity contribution < 1.29 is 42.9 Å². The van der Waals surface area contributed by atoms with Crippen LogP contribution in [-0.4, -0.2) is 109 Å². The molecule has 13 nitrogen and oxygen atoms in total. The molecule has 3 fully saturated rings. The minimum Gasteiger partial charge on any atom is -0.497 e. The number of amides is 4. The van der Waals surface area contributed by atoms with E-state index in [0.29, 0.717) is 37.3 Å². The van der Waals surface area contributed by atoms with E-state index in [1.165, 1.54) is 12.6 Å². The van der Waals surface area contributed by atoms with Gasteiger partial charge in [0.1, 0.15) is 29.0 Å². The first-order valence-corrected chi connectivity index (χ1v) is 25.2. The SMILES string of the molecule is CNC(=O)CCC(=O)O[C@@H]1C[C@@H](COC(c2ccccc2)(c2ccc(OC)cc2)c2ccc(OC)cc2)N(C(=O)CCC(=O)CCCC[C@@H]2SC[C@H]3[C@@H]2NC(=O)N3Cc2ccc(C(C)(C)C)cc2)C1. The van der Waals surface area contributed by atoms with Crippen LogP contribution in [0.15, 0.2) is 103 Å². The predicted molar refractivity (Wildman–Crippen MR) is 267 cm³/mol. The Morgan fingerprint density at radius 2 is 1.38 bits per heavy atom. The lowest BCUT2D eigenvalue weighted by atomic mass is 9.80. The number of carbonyl (C=O) groups is 5. The lowest BCUT2D eigenvalue weighted by molar-refractivity contribution is -0.150. The molecule has 4 aromatic rings. The monoisotopic (exact) mass is 960 g/mol. The second-order valence-corrected chi connectivity index (χ2v) is 20.6. The van der Waals surface area contributed by atoms with Crippen LogP contribution >= 0.6 is 11.8 Å². The summed E-state index contributed by atoms with van der Waals surface area (Å²) in [4.78, 5) is 69.2. The van der Waals surface area contributed by atoms with Crippen LogP contribution in [0.1, 0.15) is 106 Å². The molecule has 69 heavy (non-hydrogen) atoms. The van der Waals surface area contributed by atoms with E-state index in [2.05, 4.69) is 55.7 Å². The average Bonchev–Trinajstić information content (AvgIpc) is 4.05. The van der Waals surface area contributed by atoms with Crippen LogP contribution in [0, 0.1) is 0 Å². The van der Waals surface area contributed by atoms with E-state index in [1.54, 1.807) is 19.1 Å². The van der Waals surface area contributed by atoms with Crippen LogP contribution < -0.4 is 20.1 Å². The summed E-state index contributed by atoms with van der Waals surface area (Å²) in [6, 6.07) is 33.5. The van der Waals surface area contributed by atoms with Crippen molar-refractivity contribution in [1.29, 1.82) is 0 Å². The first-order chi connectivity index (χ1) is 33.2. The molecule has 0 radical (unpaired) electrons. The molecular weight excluding hydrogens is 893 g/mol. The first-order valence-electron chi connectivity index (χ1n) is 24.2. The molecule has 5 atom stereocenters. The summed E-state index contributed by atoms with van der Waals surface area (Å²) in [6.07, 6.45) is 2.48. The van der Waals surface area contributed by atoms with Crippen LogP contribution in [-0.2, 0) is 46.2 Å². The summed E-state index contributed by atoms with van der Waals surface area (Å²) in [6.45, 7) is 7.37. The van der Waals surface area contributed by atoms with Crippen molar-refractivity contribution in [3.05, 3.63) is 131 Å². The average molecular weight is 961 g/mol. The number of carbonyl (C=O) groups excluding carboxylic acids is 5. The fourth-order valence-corrected chi connectivity index (χ4v) is 11.4. The number of unbranched alkanes of at least 4 members (excludes halogenated alkanes) is 1. The molecule has 4 aromatic carbocycles. The predicted octanol–water partition coefficient (Wildman–Crippen LogP) is 8.34. The van der Waals surface area contributed by atoms with Gasteiger partial charge in [-0.3, -0.25) is 19.2 Å². The maximum absolute atomic E-state index is 14.2. The largest absolute Gasteiger partial charge is 0.497 e. The topological polar surface area (TPSA) is 153 Å². The number of ether oxygens (including phenoxy) is 4. The Morgan fingerprint density at radius 3 is 1.99 bits per heavy atom. The maximum atomic E-state index is 14.2. The fraction of sp³-hybridized carbons (Fsp3) is 0.473. The molecular formula is C55H68N4O9S. The molecule has 3 aliphatic heterocycles. The number of fused-ring (bicyclic) bond motifs is 1. The van der Waals surface area contributed by atoms with E-state index < -0.39 is 23.7 Å². The van der Waals surface area contributed by atoms with Crippen LogP contribution in [0.2, 0.25) is 0 Å². The van der Waals surface area contributed by atoms with Crippen LogP contribution in [0.25, 0.3) is 0 Å². The molecule has 0 bridgehead atoms. The third-order valence-corrected chi connectivity index (χ3v) is 15.2. The van der Waals surface area contributed by atoms with Crippen molar-refractivity contribution in [2.75, 3.05) is 40.2 Å². The smallest absolute Gasteiger partial charge is 0.318 e. The number of benzene rings is 4. The van der Waals surface area contributed by atoms with Gasteiger partial charge in [-0.05, 0) is 70.3 Å². The van der Waals surface area contributed by atoms with Crippen LogP contribution in [0.5, 0.6) is 11.5 Å². The van der Waals surface area contributed by atoms with Crippen molar-refractivity contribution in [2.45, 2.75) is 126 Å². The minimum atomic E-state index is -1.15. The maximum Gasteiger partial charge on any atom is 0.318 e. The molecule has 4 amide bonds. The molecule has 3 aliphatic rings. The molecule has 3 heterocycles. The number of hydrogen-bond donors (Lipinski definition) is 2. The minimum absolute atomic E-state index is 0.00800. The number of likely N-dealkylation sites (tertiary alicyclic amines) is 1. The van der Waals surface area contributed by atoms with Crippen LogP contribution in [0.3, 0.4) is 0 Å². The Hall–Kier alpha value is -5.86.